The van der Waals surface area contributed by atoms with Gasteiger partial charge in [0.25, 0.3) is 0 Å². The van der Waals surface area contributed by atoms with E-state index < -0.39 is 0 Å². The van der Waals surface area contributed by atoms with Gasteiger partial charge in [-0.3, -0.25) is 0 Å². The number of rotatable bonds is 1. The Kier molecular flexibility index (Phi) is 2.76. The largest absolute Gasteiger partial charge is 0.393 e. The van der Waals surface area contributed by atoms with Crippen molar-refractivity contribution in [1.29, 1.82) is 0 Å². The number of aliphatic hydroxyl groups excluding tert-OH is 1. The molecule has 0 unspecified atom stereocenters. The van der Waals surface area contributed by atoms with Crippen LogP contribution < -0.4 is 0 Å². The van der Waals surface area contributed by atoms with E-state index in [1.54, 1.807) is 0 Å². The summed E-state index contributed by atoms with van der Waals surface area (Å²) in [5.74, 6) is 0. The van der Waals surface area contributed by atoms with E-state index in [9.17, 15) is 5.11 Å². The van der Waals surface area contributed by atoms with Gasteiger partial charge in [0.1, 0.15) is 0 Å². The first-order valence-electron chi connectivity index (χ1n) is 6.13. The Bertz CT molecular complexity index is 578. The summed E-state index contributed by atoms with van der Waals surface area (Å²) in [7, 11) is 0. The zero-order valence-electron chi connectivity index (χ0n) is 9.60. The fourth-order valence-corrected chi connectivity index (χ4v) is 3.11. The van der Waals surface area contributed by atoms with Crippen LogP contribution in [0.2, 0.25) is 0 Å². The fourth-order valence-electron chi connectivity index (χ4n) is 2.75. The van der Waals surface area contributed by atoms with E-state index in [2.05, 4.69) is 21.7 Å². The number of nitrogens with one attached hydrogen (secondary N) is 1. The van der Waals surface area contributed by atoms with E-state index in [4.69, 9.17) is 12.2 Å². The van der Waals surface area contributed by atoms with Crippen molar-refractivity contribution in [2.75, 3.05) is 0 Å². The second kappa shape index (κ2) is 4.27. The SMILES string of the molecule is OC1CCC(n2c(=S)[nH]c3ccccc32)CC1. The quantitative estimate of drug-likeness (QED) is 0.761. The molecule has 90 valence electrons. The maximum atomic E-state index is 9.56. The Morgan fingerprint density at radius 1 is 1.18 bits per heavy atom. The third-order valence-electron chi connectivity index (χ3n) is 3.66. The van der Waals surface area contributed by atoms with Crippen LogP contribution in [-0.4, -0.2) is 20.8 Å². The molecule has 1 aliphatic rings. The Morgan fingerprint density at radius 2 is 1.88 bits per heavy atom. The Morgan fingerprint density at radius 3 is 2.65 bits per heavy atom. The first-order valence-corrected chi connectivity index (χ1v) is 6.54. The lowest BCUT2D eigenvalue weighted by Gasteiger charge is -2.26. The molecule has 0 radical (unpaired) electrons. The van der Waals surface area contributed by atoms with Crippen LogP contribution in [0, 0.1) is 4.77 Å². The van der Waals surface area contributed by atoms with Gasteiger partial charge >= 0.3 is 0 Å². The fraction of sp³-hybridized carbons (Fsp3) is 0.462. The highest BCUT2D eigenvalue weighted by Crippen LogP contribution is 2.31. The molecule has 1 aromatic carbocycles. The molecule has 1 heterocycles. The van der Waals surface area contributed by atoms with Crippen molar-refractivity contribution >= 4 is 23.3 Å². The minimum Gasteiger partial charge on any atom is -0.393 e. The van der Waals surface area contributed by atoms with E-state index in [0.29, 0.717) is 6.04 Å². The second-order valence-corrected chi connectivity index (χ2v) is 5.17. The lowest BCUT2D eigenvalue weighted by Crippen LogP contribution is -2.21. The maximum Gasteiger partial charge on any atom is 0.178 e. The van der Waals surface area contributed by atoms with Crippen molar-refractivity contribution in [1.82, 2.24) is 9.55 Å². The molecule has 0 aliphatic heterocycles. The van der Waals surface area contributed by atoms with Gasteiger partial charge in [-0.05, 0) is 50.0 Å². The van der Waals surface area contributed by atoms with Gasteiger partial charge < -0.3 is 14.7 Å². The van der Waals surface area contributed by atoms with Crippen LogP contribution in [0.3, 0.4) is 0 Å². The summed E-state index contributed by atoms with van der Waals surface area (Å²) < 4.78 is 3.02. The number of para-hydroxylation sites is 2. The monoisotopic (exact) mass is 248 g/mol. The van der Waals surface area contributed by atoms with Crippen molar-refractivity contribution in [2.45, 2.75) is 37.8 Å². The molecule has 0 atom stereocenters. The van der Waals surface area contributed by atoms with E-state index in [1.165, 1.54) is 5.52 Å². The van der Waals surface area contributed by atoms with Gasteiger partial charge in [-0.2, -0.15) is 0 Å². The predicted octanol–water partition coefficient (Wildman–Crippen LogP) is 3.17. The number of imidazole rings is 1. The molecule has 0 saturated heterocycles. The van der Waals surface area contributed by atoms with Crippen molar-refractivity contribution in [2.24, 2.45) is 0 Å². The molecule has 2 N–H and O–H groups in total. The van der Waals surface area contributed by atoms with Crippen LogP contribution in [-0.2, 0) is 0 Å². The van der Waals surface area contributed by atoms with Gasteiger partial charge in [-0.25, -0.2) is 0 Å². The smallest absolute Gasteiger partial charge is 0.178 e. The molecule has 1 aromatic heterocycles. The lowest BCUT2D eigenvalue weighted by molar-refractivity contribution is 0.111. The van der Waals surface area contributed by atoms with E-state index in [0.717, 1.165) is 36.0 Å². The molecule has 1 aliphatic carbocycles. The lowest BCUT2D eigenvalue weighted by atomic mass is 9.93. The van der Waals surface area contributed by atoms with Gasteiger partial charge in [0.15, 0.2) is 4.77 Å². The number of aromatic amines is 1. The molecule has 0 bridgehead atoms. The van der Waals surface area contributed by atoms with Crippen LogP contribution in [0.15, 0.2) is 24.3 Å². The van der Waals surface area contributed by atoms with Crippen LogP contribution in [0.4, 0.5) is 0 Å². The summed E-state index contributed by atoms with van der Waals surface area (Å²) in [5, 5.41) is 9.56. The molecule has 0 spiro atoms. The van der Waals surface area contributed by atoms with Crippen LogP contribution in [0.5, 0.6) is 0 Å². The molecule has 17 heavy (non-hydrogen) atoms. The first kappa shape index (κ1) is 11.0. The van der Waals surface area contributed by atoms with Crippen LogP contribution >= 0.6 is 12.2 Å². The summed E-state index contributed by atoms with van der Waals surface area (Å²) >= 11 is 5.41. The molecule has 1 fully saturated rings. The zero-order valence-corrected chi connectivity index (χ0v) is 10.4. The number of H-pyrrole nitrogens is 1. The summed E-state index contributed by atoms with van der Waals surface area (Å²) in [6, 6.07) is 8.65. The van der Waals surface area contributed by atoms with E-state index >= 15 is 0 Å². The number of aromatic nitrogens is 2. The number of nitrogens with zero attached hydrogens (tertiary/aromatic N) is 1. The highest BCUT2D eigenvalue weighted by molar-refractivity contribution is 7.71. The van der Waals surface area contributed by atoms with Gasteiger partial charge in [0, 0.05) is 6.04 Å². The summed E-state index contributed by atoms with van der Waals surface area (Å²) in [6.45, 7) is 0. The van der Waals surface area contributed by atoms with Gasteiger partial charge in [0.2, 0.25) is 0 Å². The molecular weight excluding hydrogens is 232 g/mol. The van der Waals surface area contributed by atoms with Crippen molar-refractivity contribution in [3.05, 3.63) is 29.0 Å². The summed E-state index contributed by atoms with van der Waals surface area (Å²) in [4.78, 5) is 3.25. The van der Waals surface area contributed by atoms with Crippen molar-refractivity contribution in [3.8, 4) is 0 Å². The minimum absolute atomic E-state index is 0.120. The number of fused-ring (bicyclic) bond motifs is 1. The third kappa shape index (κ3) is 1.91. The summed E-state index contributed by atoms with van der Waals surface area (Å²) in [5.41, 5.74) is 2.28. The maximum absolute atomic E-state index is 9.56. The number of benzene rings is 1. The molecule has 2 aromatic rings. The number of hydrogen-bond acceptors (Lipinski definition) is 2. The third-order valence-corrected chi connectivity index (χ3v) is 3.95. The molecular formula is C13H16N2OS. The van der Waals surface area contributed by atoms with Crippen LogP contribution in [0.25, 0.3) is 11.0 Å². The van der Waals surface area contributed by atoms with Crippen molar-refractivity contribution < 1.29 is 5.11 Å². The number of aliphatic hydroxyl groups is 1. The predicted molar refractivity (Wildman–Crippen MR) is 70.6 cm³/mol. The molecule has 1 saturated carbocycles. The zero-order chi connectivity index (χ0) is 11.8. The average molecular weight is 248 g/mol. The van der Waals surface area contributed by atoms with E-state index in [1.807, 2.05) is 12.1 Å². The summed E-state index contributed by atoms with van der Waals surface area (Å²) in [6.07, 6.45) is 3.66. The number of hydrogen-bond donors (Lipinski definition) is 2. The normalized spacial score (nSPS) is 25.2. The van der Waals surface area contributed by atoms with Crippen LogP contribution in [0.1, 0.15) is 31.7 Å². The molecule has 3 nitrogen and oxygen atoms in total. The van der Waals surface area contributed by atoms with Gasteiger partial charge in [0.05, 0.1) is 17.1 Å². The van der Waals surface area contributed by atoms with Gasteiger partial charge in [-0.15, -0.1) is 0 Å². The van der Waals surface area contributed by atoms with E-state index in [-0.39, 0.29) is 6.10 Å². The average Bonchev–Trinajstić information content (AvgIpc) is 2.66. The first-order chi connectivity index (χ1) is 8.25. The second-order valence-electron chi connectivity index (χ2n) is 4.78. The highest BCUT2D eigenvalue weighted by Gasteiger charge is 2.22. The Labute approximate surface area is 105 Å². The Hall–Kier alpha value is -1.13. The van der Waals surface area contributed by atoms with Gasteiger partial charge in [-0.1, -0.05) is 12.1 Å². The standard InChI is InChI=1S/C13H16N2OS/c16-10-7-5-9(6-8-10)15-12-4-2-1-3-11(12)14-13(15)17/h1-4,9-10,16H,5-8H2,(H,14,17). The minimum atomic E-state index is -0.120. The molecule has 0 amide bonds. The van der Waals surface area contributed by atoms with Crippen molar-refractivity contribution in [3.63, 3.8) is 0 Å². The molecule has 3 rings (SSSR count). The highest BCUT2D eigenvalue weighted by atomic mass is 32.1. The Balaban J connectivity index is 2.05. The topological polar surface area (TPSA) is 41.0 Å². The molecule has 4 heteroatoms.